The lowest BCUT2D eigenvalue weighted by Gasteiger charge is -2.22. The third-order valence-corrected chi connectivity index (χ3v) is 4.65. The minimum absolute atomic E-state index is 0.0637. The predicted molar refractivity (Wildman–Crippen MR) is 102 cm³/mol. The summed E-state index contributed by atoms with van der Waals surface area (Å²) in [6.45, 7) is 0.876. The molecule has 1 aromatic heterocycles. The Morgan fingerprint density at radius 2 is 2.00 bits per heavy atom. The summed E-state index contributed by atoms with van der Waals surface area (Å²) in [6.07, 6.45) is 0. The van der Waals surface area contributed by atoms with Crippen LogP contribution in [0.4, 0.5) is 8.78 Å². The normalized spacial score (nSPS) is 11.8. The number of carbonyl (C=O) groups excluding carboxylic acids is 2. The second-order valence-electron chi connectivity index (χ2n) is 5.96. The maximum absolute atomic E-state index is 12.5. The van der Waals surface area contributed by atoms with Crippen LogP contribution in [-0.4, -0.2) is 43.0 Å². The molecule has 0 fully saturated rings. The third-order valence-electron chi connectivity index (χ3n) is 3.78. The fourth-order valence-corrected chi connectivity index (χ4v) is 3.16. The van der Waals surface area contributed by atoms with Gasteiger partial charge in [0.25, 0.3) is 5.91 Å². The van der Waals surface area contributed by atoms with Crippen molar-refractivity contribution >= 4 is 23.2 Å². The molecule has 0 saturated heterocycles. The average Bonchev–Trinajstić information content (AvgIpc) is 3.17. The van der Waals surface area contributed by atoms with Gasteiger partial charge in [-0.3, -0.25) is 9.59 Å². The van der Waals surface area contributed by atoms with Crippen LogP contribution in [0.1, 0.15) is 29.1 Å². The lowest BCUT2D eigenvalue weighted by Crippen LogP contribution is -2.45. The molecule has 0 aliphatic carbocycles. The van der Waals surface area contributed by atoms with Gasteiger partial charge in [0.05, 0.1) is 11.5 Å². The number of nitrogens with zero attached hydrogens (tertiary/aromatic N) is 1. The number of hydrogen-bond acceptors (Lipinski definition) is 5. The zero-order valence-corrected chi connectivity index (χ0v) is 16.6. The Hall–Kier alpha value is -2.68. The molecular formula is C19H22F2N2O4S. The largest absolute Gasteiger partial charge is 0.490 e. The van der Waals surface area contributed by atoms with Crippen molar-refractivity contribution in [2.75, 3.05) is 13.7 Å². The van der Waals surface area contributed by atoms with Gasteiger partial charge in [0.1, 0.15) is 6.04 Å². The first kappa shape index (κ1) is 21.6. The molecule has 1 atom stereocenters. The van der Waals surface area contributed by atoms with Gasteiger partial charge >= 0.3 is 6.61 Å². The number of carbonyl (C=O) groups is 2. The van der Waals surface area contributed by atoms with Crippen LogP contribution in [0.3, 0.4) is 0 Å². The molecule has 0 spiro atoms. The number of alkyl halides is 2. The van der Waals surface area contributed by atoms with Crippen molar-refractivity contribution in [1.82, 2.24) is 10.2 Å². The second-order valence-corrected chi connectivity index (χ2v) is 6.91. The molecule has 1 aromatic carbocycles. The number of hydrogen-bond donors (Lipinski definition) is 1. The van der Waals surface area contributed by atoms with E-state index in [1.54, 1.807) is 50.5 Å². The van der Waals surface area contributed by atoms with E-state index in [1.807, 2.05) is 0 Å². The van der Waals surface area contributed by atoms with Gasteiger partial charge in [0.15, 0.2) is 11.5 Å². The Balaban J connectivity index is 2.02. The maximum atomic E-state index is 12.5. The van der Waals surface area contributed by atoms with Gasteiger partial charge in [0.2, 0.25) is 5.91 Å². The molecule has 28 heavy (non-hydrogen) atoms. The first-order chi connectivity index (χ1) is 13.3. The molecule has 0 bridgehead atoms. The van der Waals surface area contributed by atoms with Gasteiger partial charge in [-0.25, -0.2) is 0 Å². The number of benzene rings is 1. The summed E-state index contributed by atoms with van der Waals surface area (Å²) in [4.78, 5) is 26.6. The SMILES string of the molecule is CCOc1cc(CN(C)C(=O)[C@H](C)NC(=O)c2cccs2)ccc1OC(F)F. The topological polar surface area (TPSA) is 67.9 Å². The monoisotopic (exact) mass is 412 g/mol. The molecular weight excluding hydrogens is 390 g/mol. The van der Waals surface area contributed by atoms with E-state index in [4.69, 9.17) is 4.74 Å². The highest BCUT2D eigenvalue weighted by Crippen LogP contribution is 2.30. The molecule has 0 saturated carbocycles. The molecule has 2 amide bonds. The van der Waals surface area contributed by atoms with E-state index >= 15 is 0 Å². The van der Waals surface area contributed by atoms with Gasteiger partial charge in [0, 0.05) is 13.6 Å². The smallest absolute Gasteiger partial charge is 0.387 e. The number of halogens is 2. The summed E-state index contributed by atoms with van der Waals surface area (Å²) in [7, 11) is 1.60. The summed E-state index contributed by atoms with van der Waals surface area (Å²) in [5.41, 5.74) is 0.678. The van der Waals surface area contributed by atoms with E-state index in [-0.39, 0.29) is 36.5 Å². The Morgan fingerprint density at radius 3 is 2.61 bits per heavy atom. The summed E-state index contributed by atoms with van der Waals surface area (Å²) in [5, 5.41) is 4.45. The van der Waals surface area contributed by atoms with E-state index in [2.05, 4.69) is 10.1 Å². The average molecular weight is 412 g/mol. The van der Waals surface area contributed by atoms with Crippen molar-refractivity contribution < 1.29 is 27.8 Å². The quantitative estimate of drug-likeness (QED) is 0.684. The van der Waals surface area contributed by atoms with E-state index in [1.165, 1.54) is 22.3 Å². The molecule has 9 heteroatoms. The van der Waals surface area contributed by atoms with Crippen LogP contribution in [0.15, 0.2) is 35.7 Å². The van der Waals surface area contributed by atoms with Gasteiger partial charge in [-0.1, -0.05) is 12.1 Å². The molecule has 2 aromatic rings. The predicted octanol–water partition coefficient (Wildman–Crippen LogP) is 3.53. The molecule has 0 unspecified atom stereocenters. The van der Waals surface area contributed by atoms with Crippen molar-refractivity contribution in [3.8, 4) is 11.5 Å². The first-order valence-electron chi connectivity index (χ1n) is 8.61. The van der Waals surface area contributed by atoms with Gasteiger partial charge < -0.3 is 19.7 Å². The number of amides is 2. The van der Waals surface area contributed by atoms with Crippen molar-refractivity contribution in [3.05, 3.63) is 46.2 Å². The van der Waals surface area contributed by atoms with E-state index < -0.39 is 12.7 Å². The van der Waals surface area contributed by atoms with Gasteiger partial charge in [-0.15, -0.1) is 11.3 Å². The lowest BCUT2D eigenvalue weighted by molar-refractivity contribution is -0.132. The number of likely N-dealkylation sites (N-methyl/N-ethyl adjacent to an activating group) is 1. The highest BCUT2D eigenvalue weighted by atomic mass is 32.1. The number of nitrogens with one attached hydrogen (secondary N) is 1. The minimum Gasteiger partial charge on any atom is -0.490 e. The summed E-state index contributed by atoms with van der Waals surface area (Å²) in [6, 6.07) is 7.24. The van der Waals surface area contributed by atoms with E-state index in [9.17, 15) is 18.4 Å². The Bertz CT molecular complexity index is 799. The fraction of sp³-hybridized carbons (Fsp3) is 0.368. The maximum Gasteiger partial charge on any atom is 0.387 e. The lowest BCUT2D eigenvalue weighted by atomic mass is 10.1. The van der Waals surface area contributed by atoms with Crippen LogP contribution in [-0.2, 0) is 11.3 Å². The van der Waals surface area contributed by atoms with Crippen LogP contribution >= 0.6 is 11.3 Å². The summed E-state index contributed by atoms with van der Waals surface area (Å²) >= 11 is 1.29. The molecule has 152 valence electrons. The zero-order chi connectivity index (χ0) is 20.7. The van der Waals surface area contributed by atoms with E-state index in [0.29, 0.717) is 10.4 Å². The third kappa shape index (κ3) is 5.91. The summed E-state index contributed by atoms with van der Waals surface area (Å²) in [5.74, 6) is -0.474. The standard InChI is InChI=1S/C19H22F2N2O4S/c1-4-26-15-10-13(7-8-14(15)27-19(20)21)11-23(3)18(25)12(2)22-17(24)16-6-5-9-28-16/h5-10,12,19H,4,11H2,1-3H3,(H,22,24)/t12-/m0/s1. The molecule has 1 heterocycles. The Labute approximate surface area is 166 Å². The Morgan fingerprint density at radius 1 is 1.25 bits per heavy atom. The first-order valence-corrected chi connectivity index (χ1v) is 9.49. The second kappa shape index (κ2) is 10.0. The van der Waals surface area contributed by atoms with Crippen molar-refractivity contribution in [3.63, 3.8) is 0 Å². The van der Waals surface area contributed by atoms with Crippen LogP contribution in [0.25, 0.3) is 0 Å². The number of rotatable bonds is 9. The van der Waals surface area contributed by atoms with Crippen LogP contribution in [0.5, 0.6) is 11.5 Å². The van der Waals surface area contributed by atoms with E-state index in [0.717, 1.165) is 0 Å². The van der Waals surface area contributed by atoms with Gasteiger partial charge in [-0.2, -0.15) is 8.78 Å². The molecule has 0 aliphatic heterocycles. The molecule has 2 rings (SSSR count). The molecule has 1 N–H and O–H groups in total. The Kier molecular flexibility index (Phi) is 7.74. The highest BCUT2D eigenvalue weighted by molar-refractivity contribution is 7.12. The number of ether oxygens (including phenoxy) is 2. The molecule has 0 aliphatic rings. The van der Waals surface area contributed by atoms with Gasteiger partial charge in [-0.05, 0) is 43.0 Å². The van der Waals surface area contributed by atoms with Crippen molar-refractivity contribution in [1.29, 1.82) is 0 Å². The number of thiophene rings is 1. The highest BCUT2D eigenvalue weighted by Gasteiger charge is 2.21. The van der Waals surface area contributed by atoms with Crippen molar-refractivity contribution in [2.45, 2.75) is 33.0 Å². The zero-order valence-electron chi connectivity index (χ0n) is 15.8. The summed E-state index contributed by atoms with van der Waals surface area (Å²) < 4.78 is 34.8. The van der Waals surface area contributed by atoms with Crippen LogP contribution < -0.4 is 14.8 Å². The van der Waals surface area contributed by atoms with Crippen LogP contribution in [0, 0.1) is 0 Å². The minimum atomic E-state index is -2.96. The molecule has 0 radical (unpaired) electrons. The molecule has 6 nitrogen and oxygen atoms in total. The van der Waals surface area contributed by atoms with Crippen molar-refractivity contribution in [2.24, 2.45) is 0 Å². The fourth-order valence-electron chi connectivity index (χ4n) is 2.53. The van der Waals surface area contributed by atoms with Crippen LogP contribution in [0.2, 0.25) is 0 Å².